The largest absolute Gasteiger partial charge is 0.351 e. The van der Waals surface area contributed by atoms with Gasteiger partial charge in [-0.2, -0.15) is 0 Å². The lowest BCUT2D eigenvalue weighted by atomic mass is 10.1. The number of nitrogens with one attached hydrogen (secondary N) is 1. The Morgan fingerprint density at radius 2 is 1.87 bits per heavy atom. The highest BCUT2D eigenvalue weighted by Gasteiger charge is 2.24. The number of hydrogen-bond donors (Lipinski definition) is 2. The van der Waals surface area contributed by atoms with Gasteiger partial charge in [0.15, 0.2) is 5.13 Å². The van der Waals surface area contributed by atoms with Crippen LogP contribution in [0.1, 0.15) is 15.9 Å². The summed E-state index contributed by atoms with van der Waals surface area (Å²) in [7, 11) is 0. The molecule has 10 heteroatoms. The fourth-order valence-electron chi connectivity index (χ4n) is 3.17. The molecule has 0 bridgehead atoms. The minimum absolute atomic E-state index is 0.0345. The number of carbonyl (C=O) groups excluding carboxylic acids is 2. The number of piperazine rings is 1. The molecule has 0 unspecified atom stereocenters. The SMILES string of the molecule is Cc1ccc(C(=O)N2CCN(C(N)=O)CC2)cc1Sc1cnc(Nc2ccccn2)s1. The lowest BCUT2D eigenvalue weighted by Crippen LogP contribution is -2.52. The van der Waals surface area contributed by atoms with Crippen LogP contribution in [0.25, 0.3) is 0 Å². The van der Waals surface area contributed by atoms with E-state index in [0.29, 0.717) is 31.7 Å². The maximum atomic E-state index is 13.0. The van der Waals surface area contributed by atoms with E-state index in [1.165, 1.54) is 11.3 Å². The van der Waals surface area contributed by atoms with E-state index in [1.54, 1.807) is 27.8 Å². The number of anilines is 2. The van der Waals surface area contributed by atoms with Gasteiger partial charge in [0, 0.05) is 42.8 Å². The summed E-state index contributed by atoms with van der Waals surface area (Å²) < 4.78 is 1.02. The first-order chi connectivity index (χ1) is 15.0. The van der Waals surface area contributed by atoms with E-state index in [4.69, 9.17) is 5.73 Å². The van der Waals surface area contributed by atoms with Crippen molar-refractivity contribution in [1.29, 1.82) is 0 Å². The number of nitrogens with zero attached hydrogens (tertiary/aromatic N) is 4. The summed E-state index contributed by atoms with van der Waals surface area (Å²) in [6.45, 7) is 3.91. The zero-order chi connectivity index (χ0) is 21.8. The lowest BCUT2D eigenvalue weighted by molar-refractivity contribution is 0.0669. The summed E-state index contributed by atoms with van der Waals surface area (Å²) in [5.41, 5.74) is 7.05. The second-order valence-electron chi connectivity index (χ2n) is 7.02. The van der Waals surface area contributed by atoms with Crippen LogP contribution in [0.15, 0.2) is 57.9 Å². The van der Waals surface area contributed by atoms with Crippen LogP contribution >= 0.6 is 23.1 Å². The number of urea groups is 1. The van der Waals surface area contributed by atoms with Gasteiger partial charge in [0.25, 0.3) is 5.91 Å². The van der Waals surface area contributed by atoms with Crippen LogP contribution in [0.4, 0.5) is 15.7 Å². The van der Waals surface area contributed by atoms with E-state index < -0.39 is 6.03 Å². The Kier molecular flexibility index (Phi) is 6.38. The molecule has 0 saturated carbocycles. The van der Waals surface area contributed by atoms with Crippen LogP contribution in [-0.2, 0) is 0 Å². The number of benzene rings is 1. The normalized spacial score (nSPS) is 13.8. The molecule has 3 aromatic rings. The van der Waals surface area contributed by atoms with E-state index in [9.17, 15) is 9.59 Å². The second kappa shape index (κ2) is 9.36. The molecule has 3 heterocycles. The third kappa shape index (κ3) is 5.15. The van der Waals surface area contributed by atoms with Gasteiger partial charge in [-0.25, -0.2) is 14.8 Å². The zero-order valence-electron chi connectivity index (χ0n) is 16.9. The Morgan fingerprint density at radius 1 is 1.10 bits per heavy atom. The first-order valence-corrected chi connectivity index (χ1v) is 11.4. The van der Waals surface area contributed by atoms with E-state index in [0.717, 1.165) is 25.6 Å². The number of amides is 3. The average Bonchev–Trinajstić information content (AvgIpc) is 3.22. The summed E-state index contributed by atoms with van der Waals surface area (Å²) >= 11 is 3.12. The highest BCUT2D eigenvalue weighted by molar-refractivity contribution is 8.01. The molecule has 0 radical (unpaired) electrons. The van der Waals surface area contributed by atoms with Crippen LogP contribution < -0.4 is 11.1 Å². The molecular formula is C21H22N6O2S2. The van der Waals surface area contributed by atoms with Crippen molar-refractivity contribution in [2.24, 2.45) is 5.73 Å². The Hall–Kier alpha value is -3.11. The molecular weight excluding hydrogens is 432 g/mol. The predicted octanol–water partition coefficient (Wildman–Crippen LogP) is 3.58. The first kappa shape index (κ1) is 21.1. The van der Waals surface area contributed by atoms with Gasteiger partial charge in [-0.3, -0.25) is 4.79 Å². The Bertz CT molecular complexity index is 1080. The third-order valence-electron chi connectivity index (χ3n) is 4.91. The van der Waals surface area contributed by atoms with Gasteiger partial charge in [0.1, 0.15) is 5.82 Å². The summed E-state index contributed by atoms with van der Waals surface area (Å²) in [6, 6.07) is 11.0. The molecule has 0 atom stereocenters. The second-order valence-corrected chi connectivity index (χ2v) is 9.40. The summed E-state index contributed by atoms with van der Waals surface area (Å²) in [5.74, 6) is 0.710. The minimum atomic E-state index is -0.442. The summed E-state index contributed by atoms with van der Waals surface area (Å²) in [6.07, 6.45) is 3.54. The quantitative estimate of drug-likeness (QED) is 0.611. The van der Waals surface area contributed by atoms with Gasteiger partial charge in [-0.15, -0.1) is 0 Å². The first-order valence-electron chi connectivity index (χ1n) is 9.75. The fourth-order valence-corrected chi connectivity index (χ4v) is 5.14. The molecule has 31 heavy (non-hydrogen) atoms. The van der Waals surface area contributed by atoms with Crippen LogP contribution in [0.5, 0.6) is 0 Å². The van der Waals surface area contributed by atoms with Gasteiger partial charge in [0.2, 0.25) is 0 Å². The molecule has 1 aromatic carbocycles. The summed E-state index contributed by atoms with van der Waals surface area (Å²) in [4.78, 5) is 37.2. The van der Waals surface area contributed by atoms with Crippen molar-refractivity contribution in [3.63, 3.8) is 0 Å². The van der Waals surface area contributed by atoms with Gasteiger partial charge < -0.3 is 20.9 Å². The molecule has 1 saturated heterocycles. The number of pyridine rings is 1. The van der Waals surface area contributed by atoms with Gasteiger partial charge >= 0.3 is 6.03 Å². The van der Waals surface area contributed by atoms with E-state index in [-0.39, 0.29) is 5.91 Å². The zero-order valence-corrected chi connectivity index (χ0v) is 18.6. The number of hydrogen-bond acceptors (Lipinski definition) is 7. The van der Waals surface area contributed by atoms with Crippen molar-refractivity contribution in [2.75, 3.05) is 31.5 Å². The molecule has 0 spiro atoms. The standard InChI is InChI=1S/C21H22N6O2S2/c1-14-5-6-15(19(28)26-8-10-27(11-9-26)20(22)29)12-16(14)30-18-13-24-21(31-18)25-17-4-2-3-7-23-17/h2-7,12-13H,8-11H2,1H3,(H2,22,29)(H,23,24,25). The predicted molar refractivity (Wildman–Crippen MR) is 122 cm³/mol. The van der Waals surface area contributed by atoms with Crippen LogP contribution in [0.3, 0.4) is 0 Å². The van der Waals surface area contributed by atoms with E-state index >= 15 is 0 Å². The molecule has 8 nitrogen and oxygen atoms in total. The molecule has 1 aliphatic heterocycles. The Balaban J connectivity index is 1.44. The average molecular weight is 455 g/mol. The van der Waals surface area contributed by atoms with Crippen molar-refractivity contribution in [3.8, 4) is 0 Å². The van der Waals surface area contributed by atoms with Crippen molar-refractivity contribution >= 4 is 46.0 Å². The number of aromatic nitrogens is 2. The highest BCUT2D eigenvalue weighted by Crippen LogP contribution is 2.36. The number of thiazole rings is 1. The van der Waals surface area contributed by atoms with Crippen molar-refractivity contribution in [2.45, 2.75) is 16.0 Å². The molecule has 0 aliphatic carbocycles. The maximum absolute atomic E-state index is 13.0. The van der Waals surface area contributed by atoms with Crippen LogP contribution in [-0.4, -0.2) is 57.9 Å². The van der Waals surface area contributed by atoms with Crippen molar-refractivity contribution in [1.82, 2.24) is 19.8 Å². The molecule has 4 rings (SSSR count). The topological polar surface area (TPSA) is 104 Å². The molecule has 160 valence electrons. The number of nitrogens with two attached hydrogens (primary N) is 1. The maximum Gasteiger partial charge on any atom is 0.314 e. The molecule has 3 N–H and O–H groups in total. The van der Waals surface area contributed by atoms with Gasteiger partial charge in [-0.1, -0.05) is 35.2 Å². The molecule has 1 aliphatic rings. The minimum Gasteiger partial charge on any atom is -0.351 e. The fraction of sp³-hybridized carbons (Fsp3) is 0.238. The van der Waals surface area contributed by atoms with Gasteiger partial charge in [-0.05, 0) is 36.8 Å². The third-order valence-corrected chi connectivity index (χ3v) is 7.08. The van der Waals surface area contributed by atoms with E-state index in [1.807, 2.05) is 49.5 Å². The highest BCUT2D eigenvalue weighted by atomic mass is 32.2. The van der Waals surface area contributed by atoms with Crippen molar-refractivity contribution < 1.29 is 9.59 Å². The Labute approximate surface area is 188 Å². The molecule has 2 aromatic heterocycles. The van der Waals surface area contributed by atoms with E-state index in [2.05, 4.69) is 15.3 Å². The number of carbonyl (C=O) groups is 2. The number of primary amides is 1. The summed E-state index contributed by atoms with van der Waals surface area (Å²) in [5, 5.41) is 3.96. The Morgan fingerprint density at radius 3 is 2.58 bits per heavy atom. The van der Waals surface area contributed by atoms with Gasteiger partial charge in [0.05, 0.1) is 10.4 Å². The number of rotatable bonds is 5. The molecule has 3 amide bonds. The van der Waals surface area contributed by atoms with Crippen LogP contribution in [0.2, 0.25) is 0 Å². The smallest absolute Gasteiger partial charge is 0.314 e. The molecule has 1 fully saturated rings. The van der Waals surface area contributed by atoms with Crippen LogP contribution in [0, 0.1) is 6.92 Å². The monoisotopic (exact) mass is 454 g/mol. The van der Waals surface area contributed by atoms with Crippen molar-refractivity contribution in [3.05, 3.63) is 59.9 Å². The number of aryl methyl sites for hydroxylation is 1. The lowest BCUT2D eigenvalue weighted by Gasteiger charge is -2.33.